The molecule has 1 saturated heterocycles. The fourth-order valence-corrected chi connectivity index (χ4v) is 2.56. The molecule has 4 heteroatoms. The molecule has 104 valence electrons. The van der Waals surface area contributed by atoms with Gasteiger partial charge in [-0.05, 0) is 26.0 Å². The lowest BCUT2D eigenvalue weighted by Crippen LogP contribution is -2.54. The van der Waals surface area contributed by atoms with Crippen molar-refractivity contribution in [3.63, 3.8) is 0 Å². The first-order chi connectivity index (χ1) is 9.00. The second-order valence-corrected chi connectivity index (χ2v) is 5.63. The number of benzene rings is 1. The summed E-state index contributed by atoms with van der Waals surface area (Å²) in [6.07, 6.45) is 0.341. The van der Waals surface area contributed by atoms with Crippen molar-refractivity contribution in [1.82, 2.24) is 10.2 Å². The van der Waals surface area contributed by atoms with Crippen LogP contribution in [-0.2, 0) is 0 Å². The average molecular weight is 264 g/mol. The highest BCUT2D eigenvalue weighted by Gasteiger charge is 2.31. The first-order valence-electron chi connectivity index (χ1n) is 6.74. The van der Waals surface area contributed by atoms with E-state index in [1.807, 2.05) is 0 Å². The molecule has 1 aliphatic heterocycles. The minimum Gasteiger partial charge on any atom is -0.314 e. The van der Waals surface area contributed by atoms with Crippen LogP contribution in [0.25, 0.3) is 0 Å². The molecule has 0 saturated carbocycles. The van der Waals surface area contributed by atoms with Crippen LogP contribution in [0, 0.1) is 5.82 Å². The van der Waals surface area contributed by atoms with Crippen molar-refractivity contribution in [3.8, 4) is 0 Å². The number of rotatable bonds is 4. The summed E-state index contributed by atoms with van der Waals surface area (Å²) in [4.78, 5) is 14.5. The molecule has 19 heavy (non-hydrogen) atoms. The molecule has 0 amide bonds. The van der Waals surface area contributed by atoms with Gasteiger partial charge in [0.05, 0.1) is 5.56 Å². The number of piperazine rings is 1. The molecule has 0 bridgehead atoms. The molecule has 1 aromatic rings. The van der Waals surface area contributed by atoms with Gasteiger partial charge in [-0.2, -0.15) is 0 Å². The van der Waals surface area contributed by atoms with Crippen LogP contribution in [0.4, 0.5) is 4.39 Å². The molecule has 0 aromatic heterocycles. The smallest absolute Gasteiger partial charge is 0.167 e. The lowest BCUT2D eigenvalue weighted by atomic mass is 9.91. The van der Waals surface area contributed by atoms with Crippen molar-refractivity contribution in [3.05, 3.63) is 35.6 Å². The standard InChI is InChI=1S/C15H21FN2O/c1-15(2,18-9-7-17-8-10-18)11-14(19)12-5-3-4-6-13(12)16/h3-6,17H,7-11H2,1-2H3. The van der Waals surface area contributed by atoms with Gasteiger partial charge in [0.15, 0.2) is 5.78 Å². The first-order valence-corrected chi connectivity index (χ1v) is 6.74. The van der Waals surface area contributed by atoms with Crippen LogP contribution in [0.3, 0.4) is 0 Å². The second-order valence-electron chi connectivity index (χ2n) is 5.63. The van der Waals surface area contributed by atoms with E-state index in [0.29, 0.717) is 6.42 Å². The molecule has 1 N–H and O–H groups in total. The Labute approximate surface area is 113 Å². The largest absolute Gasteiger partial charge is 0.314 e. The number of ketones is 1. The van der Waals surface area contributed by atoms with E-state index < -0.39 is 5.82 Å². The summed E-state index contributed by atoms with van der Waals surface area (Å²) in [5.41, 5.74) is -0.0349. The van der Waals surface area contributed by atoms with Crippen LogP contribution >= 0.6 is 0 Å². The van der Waals surface area contributed by atoms with E-state index in [2.05, 4.69) is 24.1 Å². The maximum absolute atomic E-state index is 13.6. The summed E-state index contributed by atoms with van der Waals surface area (Å²) in [6, 6.07) is 6.21. The maximum atomic E-state index is 13.6. The van der Waals surface area contributed by atoms with Crippen LogP contribution in [0.2, 0.25) is 0 Å². The van der Waals surface area contributed by atoms with E-state index in [0.717, 1.165) is 26.2 Å². The monoisotopic (exact) mass is 264 g/mol. The van der Waals surface area contributed by atoms with E-state index in [4.69, 9.17) is 0 Å². The SMILES string of the molecule is CC(C)(CC(=O)c1ccccc1F)N1CCNCC1. The zero-order valence-corrected chi connectivity index (χ0v) is 11.6. The average Bonchev–Trinajstić information content (AvgIpc) is 2.39. The highest BCUT2D eigenvalue weighted by Crippen LogP contribution is 2.22. The zero-order valence-electron chi connectivity index (χ0n) is 11.6. The molecule has 0 atom stereocenters. The zero-order chi connectivity index (χ0) is 13.9. The van der Waals surface area contributed by atoms with Crippen LogP contribution in [-0.4, -0.2) is 42.4 Å². The van der Waals surface area contributed by atoms with Crippen LogP contribution in [0.15, 0.2) is 24.3 Å². The Morgan fingerprint density at radius 3 is 2.58 bits per heavy atom. The topological polar surface area (TPSA) is 32.3 Å². The molecule has 1 fully saturated rings. The number of hydrogen-bond acceptors (Lipinski definition) is 3. The molecular formula is C15H21FN2O. The number of halogens is 1. The fraction of sp³-hybridized carbons (Fsp3) is 0.533. The Morgan fingerprint density at radius 1 is 1.32 bits per heavy atom. The Hall–Kier alpha value is -1.26. The molecule has 2 rings (SSSR count). The summed E-state index contributed by atoms with van der Waals surface area (Å²) in [5.74, 6) is -0.551. The third-order valence-electron chi connectivity index (χ3n) is 3.74. The summed E-state index contributed by atoms with van der Waals surface area (Å²) < 4.78 is 13.6. The third kappa shape index (κ3) is 3.39. The van der Waals surface area contributed by atoms with Crippen molar-refractivity contribution in [1.29, 1.82) is 0 Å². The minimum atomic E-state index is -0.427. The van der Waals surface area contributed by atoms with Crippen LogP contribution < -0.4 is 5.32 Å². The highest BCUT2D eigenvalue weighted by atomic mass is 19.1. The van der Waals surface area contributed by atoms with Gasteiger partial charge >= 0.3 is 0 Å². The van der Waals surface area contributed by atoms with E-state index in [1.165, 1.54) is 6.07 Å². The van der Waals surface area contributed by atoms with Gasteiger partial charge in [-0.25, -0.2) is 4.39 Å². The normalized spacial score (nSPS) is 17.4. The quantitative estimate of drug-likeness (QED) is 0.845. The molecule has 3 nitrogen and oxygen atoms in total. The Bertz CT molecular complexity index is 453. The molecule has 0 unspecified atom stereocenters. The van der Waals surface area contributed by atoms with Gasteiger partial charge < -0.3 is 5.32 Å². The van der Waals surface area contributed by atoms with Crippen molar-refractivity contribution >= 4 is 5.78 Å². The lowest BCUT2D eigenvalue weighted by molar-refractivity contribution is 0.0726. The van der Waals surface area contributed by atoms with Crippen LogP contribution in [0.1, 0.15) is 30.6 Å². The van der Waals surface area contributed by atoms with Gasteiger partial charge in [0.1, 0.15) is 5.82 Å². The molecule has 1 aromatic carbocycles. The van der Waals surface area contributed by atoms with Crippen molar-refractivity contribution in [2.24, 2.45) is 0 Å². The number of carbonyl (C=O) groups is 1. The predicted molar refractivity (Wildman–Crippen MR) is 73.9 cm³/mol. The van der Waals surface area contributed by atoms with Gasteiger partial charge in [-0.3, -0.25) is 9.69 Å². The van der Waals surface area contributed by atoms with E-state index in [9.17, 15) is 9.18 Å². The van der Waals surface area contributed by atoms with Crippen molar-refractivity contribution < 1.29 is 9.18 Å². The Balaban J connectivity index is 2.07. The lowest BCUT2D eigenvalue weighted by Gasteiger charge is -2.40. The van der Waals surface area contributed by atoms with Gasteiger partial charge in [-0.1, -0.05) is 12.1 Å². The molecular weight excluding hydrogens is 243 g/mol. The Kier molecular flexibility index (Phi) is 4.32. The number of hydrogen-bond donors (Lipinski definition) is 1. The summed E-state index contributed by atoms with van der Waals surface area (Å²) in [5, 5.41) is 3.29. The maximum Gasteiger partial charge on any atom is 0.167 e. The highest BCUT2D eigenvalue weighted by molar-refractivity contribution is 5.96. The summed E-state index contributed by atoms with van der Waals surface area (Å²) in [7, 11) is 0. The molecule has 0 radical (unpaired) electrons. The summed E-state index contributed by atoms with van der Waals surface area (Å²) >= 11 is 0. The third-order valence-corrected chi connectivity index (χ3v) is 3.74. The number of Topliss-reactive ketones (excluding diaryl/α,β-unsaturated/α-hetero) is 1. The van der Waals surface area contributed by atoms with E-state index in [-0.39, 0.29) is 16.9 Å². The minimum absolute atomic E-state index is 0.123. The molecule has 1 aliphatic rings. The van der Waals surface area contributed by atoms with Gasteiger partial charge in [0.25, 0.3) is 0 Å². The predicted octanol–water partition coefficient (Wildman–Crippen LogP) is 2.08. The number of carbonyl (C=O) groups excluding carboxylic acids is 1. The second kappa shape index (κ2) is 5.80. The number of nitrogens with zero attached hydrogens (tertiary/aromatic N) is 1. The fourth-order valence-electron chi connectivity index (χ4n) is 2.56. The molecule has 0 aliphatic carbocycles. The number of nitrogens with one attached hydrogen (secondary N) is 1. The molecule has 1 heterocycles. The van der Waals surface area contributed by atoms with Gasteiger partial charge in [0.2, 0.25) is 0 Å². The van der Waals surface area contributed by atoms with Crippen LogP contribution in [0.5, 0.6) is 0 Å². The summed E-state index contributed by atoms with van der Waals surface area (Å²) in [6.45, 7) is 7.85. The Morgan fingerprint density at radius 2 is 1.95 bits per heavy atom. The first kappa shape index (κ1) is 14.2. The van der Waals surface area contributed by atoms with Gasteiger partial charge in [-0.15, -0.1) is 0 Å². The van der Waals surface area contributed by atoms with Crippen molar-refractivity contribution in [2.75, 3.05) is 26.2 Å². The van der Waals surface area contributed by atoms with E-state index in [1.54, 1.807) is 18.2 Å². The van der Waals surface area contributed by atoms with Gasteiger partial charge in [0, 0.05) is 38.1 Å². The van der Waals surface area contributed by atoms with Crippen molar-refractivity contribution in [2.45, 2.75) is 25.8 Å². The molecule has 0 spiro atoms. The van der Waals surface area contributed by atoms with E-state index >= 15 is 0 Å².